The maximum Gasteiger partial charge on any atom is 0.335 e. The molecule has 2 aliphatic rings. The molecule has 0 spiro atoms. The van der Waals surface area contributed by atoms with Gasteiger partial charge in [0.25, 0.3) is 0 Å². The Morgan fingerprint density at radius 3 is 2.54 bits per heavy atom. The molecular formula is C25H27NO2. The zero-order chi connectivity index (χ0) is 19.7. The molecule has 28 heavy (non-hydrogen) atoms. The van der Waals surface area contributed by atoms with Gasteiger partial charge in [-0.05, 0) is 85.0 Å². The summed E-state index contributed by atoms with van der Waals surface area (Å²) in [5.74, 6) is 6.55. The molecule has 1 atom stereocenters. The summed E-state index contributed by atoms with van der Waals surface area (Å²) in [5, 5.41) is 12.8. The van der Waals surface area contributed by atoms with E-state index in [9.17, 15) is 4.79 Å². The van der Waals surface area contributed by atoms with E-state index in [0.29, 0.717) is 6.04 Å². The van der Waals surface area contributed by atoms with Crippen LogP contribution in [0.15, 0.2) is 42.5 Å². The molecule has 3 nitrogen and oxygen atoms in total. The third-order valence-electron chi connectivity index (χ3n) is 6.03. The second-order valence-corrected chi connectivity index (χ2v) is 8.73. The van der Waals surface area contributed by atoms with Crippen molar-refractivity contribution in [3.8, 4) is 11.8 Å². The number of hydrogen-bond acceptors (Lipinski definition) is 2. The summed E-state index contributed by atoms with van der Waals surface area (Å²) in [5.41, 5.74) is 5.07. The number of carboxylic acids is 1. The maximum atomic E-state index is 11.0. The lowest BCUT2D eigenvalue weighted by atomic mass is 9.69. The average molecular weight is 373 g/mol. The van der Waals surface area contributed by atoms with Crippen molar-refractivity contribution in [2.45, 2.75) is 51.0 Å². The van der Waals surface area contributed by atoms with Crippen molar-refractivity contribution in [2.75, 3.05) is 6.54 Å². The third-order valence-corrected chi connectivity index (χ3v) is 6.03. The van der Waals surface area contributed by atoms with E-state index in [2.05, 4.69) is 49.2 Å². The van der Waals surface area contributed by atoms with Crippen LogP contribution in [0.4, 0.5) is 0 Å². The van der Waals surface area contributed by atoms with Crippen molar-refractivity contribution < 1.29 is 9.90 Å². The molecule has 0 heterocycles. The van der Waals surface area contributed by atoms with Crippen molar-refractivity contribution in [1.82, 2.24) is 5.32 Å². The van der Waals surface area contributed by atoms with E-state index in [4.69, 9.17) is 5.11 Å². The van der Waals surface area contributed by atoms with Gasteiger partial charge in [0.1, 0.15) is 0 Å². The number of hydrogen-bond donors (Lipinski definition) is 2. The van der Waals surface area contributed by atoms with Crippen LogP contribution in [0.25, 0.3) is 0 Å². The zero-order valence-corrected chi connectivity index (χ0v) is 16.6. The van der Waals surface area contributed by atoms with Gasteiger partial charge in [-0.25, -0.2) is 4.79 Å². The van der Waals surface area contributed by atoms with Crippen LogP contribution in [0.5, 0.6) is 0 Å². The fraction of sp³-hybridized carbons (Fsp3) is 0.400. The molecule has 2 aliphatic carbocycles. The van der Waals surface area contributed by atoms with E-state index in [1.807, 2.05) is 0 Å². The lowest BCUT2D eigenvalue weighted by Crippen LogP contribution is -2.34. The van der Waals surface area contributed by atoms with Gasteiger partial charge in [-0.1, -0.05) is 37.8 Å². The summed E-state index contributed by atoms with van der Waals surface area (Å²) in [6, 6.07) is 13.7. The summed E-state index contributed by atoms with van der Waals surface area (Å²) in [7, 11) is 0. The molecule has 0 saturated heterocycles. The maximum absolute atomic E-state index is 11.0. The number of fused-ring (bicyclic) bond motifs is 1. The van der Waals surface area contributed by atoms with Gasteiger partial charge < -0.3 is 10.4 Å². The number of carboxylic acid groups (broad SMARTS) is 1. The van der Waals surface area contributed by atoms with Crippen LogP contribution >= 0.6 is 0 Å². The fourth-order valence-electron chi connectivity index (χ4n) is 4.18. The van der Waals surface area contributed by atoms with Gasteiger partial charge in [0, 0.05) is 17.2 Å². The molecule has 0 amide bonds. The average Bonchev–Trinajstić information content (AvgIpc) is 3.50. The molecule has 1 unspecified atom stereocenters. The van der Waals surface area contributed by atoms with Gasteiger partial charge in [0.15, 0.2) is 0 Å². The minimum Gasteiger partial charge on any atom is -0.478 e. The number of rotatable bonds is 4. The minimum absolute atomic E-state index is 0.103. The molecule has 3 heteroatoms. The first kappa shape index (κ1) is 18.8. The molecule has 0 radical (unpaired) electrons. The van der Waals surface area contributed by atoms with Crippen LogP contribution in [-0.2, 0) is 5.41 Å². The Morgan fingerprint density at radius 2 is 1.86 bits per heavy atom. The lowest BCUT2D eigenvalue weighted by molar-refractivity contribution is 0.0697. The molecule has 2 aromatic carbocycles. The first-order chi connectivity index (χ1) is 13.4. The molecular weight excluding hydrogens is 346 g/mol. The van der Waals surface area contributed by atoms with Crippen LogP contribution < -0.4 is 5.32 Å². The van der Waals surface area contributed by atoms with Crippen LogP contribution in [0.3, 0.4) is 0 Å². The Bertz CT molecular complexity index is 943. The largest absolute Gasteiger partial charge is 0.478 e. The smallest absolute Gasteiger partial charge is 0.335 e. The van der Waals surface area contributed by atoms with Crippen molar-refractivity contribution in [3.63, 3.8) is 0 Å². The van der Waals surface area contributed by atoms with Gasteiger partial charge in [0.2, 0.25) is 0 Å². The molecule has 1 fully saturated rings. The summed E-state index contributed by atoms with van der Waals surface area (Å²) >= 11 is 0. The minimum atomic E-state index is -0.914. The Morgan fingerprint density at radius 1 is 1.11 bits per heavy atom. The van der Waals surface area contributed by atoms with Gasteiger partial charge >= 0.3 is 5.97 Å². The molecule has 2 N–H and O–H groups in total. The normalized spacial score (nSPS) is 20.0. The number of nitrogens with one attached hydrogen (secondary N) is 1. The fourth-order valence-corrected chi connectivity index (χ4v) is 4.18. The third kappa shape index (κ3) is 3.98. The zero-order valence-electron chi connectivity index (χ0n) is 16.6. The van der Waals surface area contributed by atoms with Gasteiger partial charge in [0.05, 0.1) is 5.56 Å². The van der Waals surface area contributed by atoms with Crippen molar-refractivity contribution in [3.05, 3.63) is 70.3 Å². The molecule has 0 aliphatic heterocycles. The number of benzene rings is 2. The first-order valence-corrected chi connectivity index (χ1v) is 10.2. The van der Waals surface area contributed by atoms with Crippen LogP contribution in [0, 0.1) is 17.8 Å². The molecule has 1 saturated carbocycles. The highest BCUT2D eigenvalue weighted by Crippen LogP contribution is 2.43. The standard InChI is InChI=1S/C25H27NO2/c1-25(2)15-14-22(26-16-18-6-7-18)21-5-3-4-19(23(21)25)11-8-17-9-12-20(13-10-17)24(27)28/h3-5,9-10,12-13,18,22,26H,6-7,14-16H2,1-2H3,(H,27,28). The molecule has 4 rings (SSSR count). The molecule has 2 aromatic rings. The summed E-state index contributed by atoms with van der Waals surface area (Å²) in [6.45, 7) is 5.75. The predicted octanol–water partition coefficient (Wildman–Crippen LogP) is 4.90. The SMILES string of the molecule is CC1(C)CCC(NCC2CC2)c2cccc(C#Cc3ccc(C(=O)O)cc3)c21. The Balaban J connectivity index is 1.65. The molecule has 0 aromatic heterocycles. The molecule has 0 bridgehead atoms. The van der Waals surface area contributed by atoms with E-state index in [1.54, 1.807) is 24.3 Å². The van der Waals surface area contributed by atoms with Crippen molar-refractivity contribution >= 4 is 5.97 Å². The summed E-state index contributed by atoms with van der Waals surface area (Å²) in [4.78, 5) is 11.0. The highest BCUT2D eigenvalue weighted by molar-refractivity contribution is 5.87. The monoisotopic (exact) mass is 373 g/mol. The summed E-state index contributed by atoms with van der Waals surface area (Å²) in [6.07, 6.45) is 5.04. The van der Waals surface area contributed by atoms with E-state index in [1.165, 1.54) is 30.4 Å². The Labute approximate surface area is 167 Å². The Kier molecular flexibility index (Phi) is 5.00. The topological polar surface area (TPSA) is 49.3 Å². The van der Waals surface area contributed by atoms with E-state index >= 15 is 0 Å². The number of carbonyl (C=O) groups is 1. The predicted molar refractivity (Wildman–Crippen MR) is 112 cm³/mol. The Hall–Kier alpha value is -2.57. The molecule has 144 valence electrons. The van der Waals surface area contributed by atoms with Crippen molar-refractivity contribution in [2.24, 2.45) is 5.92 Å². The van der Waals surface area contributed by atoms with Crippen LogP contribution in [0.2, 0.25) is 0 Å². The lowest BCUT2D eigenvalue weighted by Gasteiger charge is -2.38. The van der Waals surface area contributed by atoms with E-state index < -0.39 is 5.97 Å². The van der Waals surface area contributed by atoms with Crippen molar-refractivity contribution in [1.29, 1.82) is 0 Å². The van der Waals surface area contributed by atoms with E-state index in [-0.39, 0.29) is 11.0 Å². The van der Waals surface area contributed by atoms with Gasteiger partial charge in [-0.3, -0.25) is 0 Å². The van der Waals surface area contributed by atoms with Crippen LogP contribution in [-0.4, -0.2) is 17.6 Å². The van der Waals surface area contributed by atoms with Gasteiger partial charge in [-0.2, -0.15) is 0 Å². The van der Waals surface area contributed by atoms with E-state index in [0.717, 1.165) is 30.0 Å². The quantitative estimate of drug-likeness (QED) is 0.750. The highest BCUT2D eigenvalue weighted by Gasteiger charge is 2.34. The number of aromatic carboxylic acids is 1. The van der Waals surface area contributed by atoms with Gasteiger partial charge in [-0.15, -0.1) is 0 Å². The second-order valence-electron chi connectivity index (χ2n) is 8.73. The second kappa shape index (κ2) is 7.45. The highest BCUT2D eigenvalue weighted by atomic mass is 16.4. The summed E-state index contributed by atoms with van der Waals surface area (Å²) < 4.78 is 0. The first-order valence-electron chi connectivity index (χ1n) is 10.2. The van der Waals surface area contributed by atoms with Crippen LogP contribution in [0.1, 0.15) is 78.2 Å².